The number of hydrogen-bond acceptors (Lipinski definition) is 3. The van der Waals surface area contributed by atoms with Crippen LogP contribution in [0.1, 0.15) is 25.3 Å². The van der Waals surface area contributed by atoms with E-state index in [1.54, 1.807) is 7.05 Å². The Kier molecular flexibility index (Phi) is 3.36. The summed E-state index contributed by atoms with van der Waals surface area (Å²) in [6.45, 7) is 1.99. The molecule has 4 heteroatoms. The molecule has 0 fully saturated rings. The Morgan fingerprint density at radius 3 is 2.67 bits per heavy atom. The molecule has 0 saturated carbocycles. The van der Waals surface area contributed by atoms with Crippen LogP contribution in [0.3, 0.4) is 0 Å². The van der Waals surface area contributed by atoms with Crippen molar-refractivity contribution in [2.75, 3.05) is 7.05 Å². The summed E-state index contributed by atoms with van der Waals surface area (Å²) in [6, 6.07) is 10.2. The molecule has 1 heterocycles. The summed E-state index contributed by atoms with van der Waals surface area (Å²) in [5, 5.41) is 0. The molecule has 0 aliphatic carbocycles. The van der Waals surface area contributed by atoms with Crippen molar-refractivity contribution in [1.29, 1.82) is 0 Å². The molecule has 2 N–H and O–H groups in total. The second-order valence-electron chi connectivity index (χ2n) is 5.08. The molecule has 1 aliphatic rings. The van der Waals surface area contributed by atoms with Gasteiger partial charge in [0.25, 0.3) is 0 Å². The van der Waals surface area contributed by atoms with E-state index in [0.29, 0.717) is 12.4 Å². The normalized spacial score (nSPS) is 24.0. The van der Waals surface area contributed by atoms with Gasteiger partial charge in [-0.05, 0) is 25.3 Å². The quantitative estimate of drug-likeness (QED) is 0.878. The van der Waals surface area contributed by atoms with E-state index in [1.165, 1.54) is 10.5 Å². The van der Waals surface area contributed by atoms with Gasteiger partial charge in [-0.2, -0.15) is 0 Å². The van der Waals surface area contributed by atoms with Crippen LogP contribution in [0.2, 0.25) is 0 Å². The molecule has 1 aromatic rings. The Hall–Kier alpha value is -1.84. The van der Waals surface area contributed by atoms with Crippen molar-refractivity contribution in [1.82, 2.24) is 4.90 Å². The molecule has 0 bridgehead atoms. The minimum atomic E-state index is -0.372. The molecular formula is C14H19N3O. The zero-order chi connectivity index (χ0) is 13.2. The summed E-state index contributed by atoms with van der Waals surface area (Å²) in [5.41, 5.74) is 6.66. The lowest BCUT2D eigenvalue weighted by atomic mass is 9.89. The largest absolute Gasteiger partial charge is 0.369 e. The number of aliphatic imine (C=N–C) groups is 1. The van der Waals surface area contributed by atoms with Gasteiger partial charge in [0.05, 0.1) is 12.0 Å². The number of guanidine groups is 1. The Bertz CT molecular complexity index is 469. The summed E-state index contributed by atoms with van der Waals surface area (Å²) in [5.74, 6) is 0.361. The fraction of sp³-hybridized carbons (Fsp3) is 0.429. The highest BCUT2D eigenvalue weighted by atomic mass is 16.2. The first-order chi connectivity index (χ1) is 8.50. The lowest BCUT2D eigenvalue weighted by Gasteiger charge is -2.33. The maximum atomic E-state index is 11.8. The molecule has 0 saturated heterocycles. The van der Waals surface area contributed by atoms with Gasteiger partial charge >= 0.3 is 0 Å². The number of rotatable bonds is 3. The topological polar surface area (TPSA) is 58.7 Å². The number of carbonyl (C=O) groups excluding carboxylic acids is 1. The minimum absolute atomic E-state index is 0.0399. The first-order valence-corrected chi connectivity index (χ1v) is 6.16. The zero-order valence-electron chi connectivity index (χ0n) is 10.9. The van der Waals surface area contributed by atoms with Crippen LogP contribution in [-0.2, 0) is 11.2 Å². The summed E-state index contributed by atoms with van der Waals surface area (Å²) in [4.78, 5) is 17.7. The fourth-order valence-corrected chi connectivity index (χ4v) is 2.17. The number of nitrogens with two attached hydrogens (primary N) is 1. The first kappa shape index (κ1) is 12.6. The van der Waals surface area contributed by atoms with Gasteiger partial charge in [-0.15, -0.1) is 0 Å². The number of amides is 1. The summed E-state index contributed by atoms with van der Waals surface area (Å²) < 4.78 is 0. The number of carbonyl (C=O) groups is 1. The molecule has 0 aromatic heterocycles. The van der Waals surface area contributed by atoms with Crippen LogP contribution < -0.4 is 5.73 Å². The number of nitrogens with zero attached hydrogens (tertiary/aromatic N) is 2. The van der Waals surface area contributed by atoms with Gasteiger partial charge in [0.1, 0.15) is 0 Å². The van der Waals surface area contributed by atoms with Gasteiger partial charge in [0.15, 0.2) is 5.96 Å². The summed E-state index contributed by atoms with van der Waals surface area (Å²) in [7, 11) is 1.66. The van der Waals surface area contributed by atoms with Crippen molar-refractivity contribution < 1.29 is 4.79 Å². The smallest absolute Gasteiger partial charge is 0.231 e. The van der Waals surface area contributed by atoms with E-state index in [9.17, 15) is 4.79 Å². The van der Waals surface area contributed by atoms with E-state index in [0.717, 1.165) is 12.8 Å². The SMILES string of the molecule is CN1C(=O)C[C@](C)(CCc2ccccc2)N=C1N. The lowest BCUT2D eigenvalue weighted by Crippen LogP contribution is -2.48. The van der Waals surface area contributed by atoms with Crippen molar-refractivity contribution in [2.24, 2.45) is 10.7 Å². The van der Waals surface area contributed by atoms with Crippen molar-refractivity contribution in [3.63, 3.8) is 0 Å². The molecule has 18 heavy (non-hydrogen) atoms. The molecule has 0 unspecified atom stereocenters. The molecule has 1 amide bonds. The second kappa shape index (κ2) is 4.80. The van der Waals surface area contributed by atoms with E-state index in [-0.39, 0.29) is 11.4 Å². The summed E-state index contributed by atoms with van der Waals surface area (Å²) in [6.07, 6.45) is 2.17. The molecule has 4 nitrogen and oxygen atoms in total. The fourth-order valence-electron chi connectivity index (χ4n) is 2.17. The van der Waals surface area contributed by atoms with Crippen molar-refractivity contribution in [2.45, 2.75) is 31.7 Å². The third kappa shape index (κ3) is 2.70. The Labute approximate surface area is 108 Å². The van der Waals surface area contributed by atoms with Crippen molar-refractivity contribution >= 4 is 11.9 Å². The average Bonchev–Trinajstić information content (AvgIpc) is 2.35. The maximum absolute atomic E-state index is 11.8. The van der Waals surface area contributed by atoms with Crippen LogP contribution >= 0.6 is 0 Å². The highest BCUT2D eigenvalue weighted by Gasteiger charge is 2.33. The Morgan fingerprint density at radius 2 is 2.06 bits per heavy atom. The monoisotopic (exact) mass is 245 g/mol. The third-order valence-corrected chi connectivity index (χ3v) is 3.43. The Balaban J connectivity index is 2.07. The first-order valence-electron chi connectivity index (χ1n) is 6.16. The van der Waals surface area contributed by atoms with Crippen LogP contribution in [-0.4, -0.2) is 29.4 Å². The maximum Gasteiger partial charge on any atom is 0.231 e. The van der Waals surface area contributed by atoms with E-state index >= 15 is 0 Å². The molecule has 0 spiro atoms. The van der Waals surface area contributed by atoms with Gasteiger partial charge in [0, 0.05) is 7.05 Å². The van der Waals surface area contributed by atoms with Crippen LogP contribution in [0.5, 0.6) is 0 Å². The van der Waals surface area contributed by atoms with Gasteiger partial charge in [-0.1, -0.05) is 30.3 Å². The van der Waals surface area contributed by atoms with Gasteiger partial charge in [-0.25, -0.2) is 4.99 Å². The molecule has 1 aromatic carbocycles. The van der Waals surface area contributed by atoms with E-state index < -0.39 is 0 Å². The Morgan fingerprint density at radius 1 is 1.39 bits per heavy atom. The minimum Gasteiger partial charge on any atom is -0.369 e. The lowest BCUT2D eigenvalue weighted by molar-refractivity contribution is -0.128. The van der Waals surface area contributed by atoms with Crippen LogP contribution in [0.15, 0.2) is 35.3 Å². The van der Waals surface area contributed by atoms with Crippen molar-refractivity contribution in [3.8, 4) is 0 Å². The van der Waals surface area contributed by atoms with Crippen LogP contribution in [0, 0.1) is 0 Å². The van der Waals surface area contributed by atoms with E-state index in [1.807, 2.05) is 25.1 Å². The molecule has 2 rings (SSSR count). The van der Waals surface area contributed by atoms with Gasteiger partial charge in [-0.3, -0.25) is 9.69 Å². The predicted octanol–water partition coefficient (Wildman–Crippen LogP) is 1.55. The average molecular weight is 245 g/mol. The van der Waals surface area contributed by atoms with Crippen LogP contribution in [0.4, 0.5) is 0 Å². The highest BCUT2D eigenvalue weighted by Crippen LogP contribution is 2.26. The number of benzene rings is 1. The van der Waals surface area contributed by atoms with Crippen LogP contribution in [0.25, 0.3) is 0 Å². The molecular weight excluding hydrogens is 226 g/mol. The molecule has 1 aliphatic heterocycles. The predicted molar refractivity (Wildman–Crippen MR) is 72.2 cm³/mol. The number of hydrogen-bond donors (Lipinski definition) is 1. The molecule has 96 valence electrons. The van der Waals surface area contributed by atoms with Gasteiger partial charge < -0.3 is 5.73 Å². The van der Waals surface area contributed by atoms with Crippen molar-refractivity contribution in [3.05, 3.63) is 35.9 Å². The van der Waals surface area contributed by atoms with E-state index in [2.05, 4.69) is 17.1 Å². The number of aryl methyl sites for hydroxylation is 1. The zero-order valence-corrected chi connectivity index (χ0v) is 10.9. The van der Waals surface area contributed by atoms with E-state index in [4.69, 9.17) is 5.73 Å². The molecule has 1 atom stereocenters. The third-order valence-electron chi connectivity index (χ3n) is 3.43. The highest BCUT2D eigenvalue weighted by molar-refractivity contribution is 5.98. The second-order valence-corrected chi connectivity index (χ2v) is 5.08. The van der Waals surface area contributed by atoms with Gasteiger partial charge in [0.2, 0.25) is 5.91 Å². The molecule has 0 radical (unpaired) electrons. The standard InChI is InChI=1S/C14H19N3O/c1-14(9-8-11-6-4-3-5-7-11)10-12(18)17(2)13(15)16-14/h3-7H,8-10H2,1-2H3,(H2,15,16)/t14-/m0/s1. The summed E-state index contributed by atoms with van der Waals surface area (Å²) >= 11 is 0.